The SMILES string of the molecule is CC(C)[C@H](NC(=O)C12CC3CC(CC(C3)C1)C2)C(=O)NCCc1c[nH]c2ccccc12. The number of rotatable bonds is 7. The molecule has 6 rings (SSSR count). The Morgan fingerprint density at radius 2 is 1.71 bits per heavy atom. The first-order chi connectivity index (χ1) is 14.9. The van der Waals surface area contributed by atoms with Gasteiger partial charge in [0.2, 0.25) is 11.8 Å². The Kier molecular flexibility index (Phi) is 5.31. The minimum Gasteiger partial charge on any atom is -0.361 e. The molecule has 0 unspecified atom stereocenters. The number of carbonyl (C=O) groups excluding carboxylic acids is 2. The molecule has 4 fully saturated rings. The van der Waals surface area contributed by atoms with Gasteiger partial charge in [0.25, 0.3) is 0 Å². The molecule has 5 heteroatoms. The van der Waals surface area contributed by atoms with Crippen LogP contribution in [0.4, 0.5) is 0 Å². The third-order valence-electron chi connectivity index (χ3n) is 8.12. The molecule has 4 aliphatic carbocycles. The van der Waals surface area contributed by atoms with Crippen LogP contribution in [0.2, 0.25) is 0 Å². The molecule has 4 saturated carbocycles. The van der Waals surface area contributed by atoms with E-state index in [0.29, 0.717) is 6.54 Å². The lowest BCUT2D eigenvalue weighted by Crippen LogP contribution is -2.58. The van der Waals surface area contributed by atoms with E-state index in [1.165, 1.54) is 30.2 Å². The monoisotopic (exact) mass is 421 g/mol. The van der Waals surface area contributed by atoms with Crippen molar-refractivity contribution >= 4 is 22.7 Å². The highest BCUT2D eigenvalue weighted by Gasteiger charge is 2.55. The van der Waals surface area contributed by atoms with Crippen molar-refractivity contribution in [1.29, 1.82) is 0 Å². The minimum absolute atomic E-state index is 0.0611. The van der Waals surface area contributed by atoms with Crippen LogP contribution in [0.25, 0.3) is 10.9 Å². The lowest BCUT2D eigenvalue weighted by atomic mass is 9.49. The van der Waals surface area contributed by atoms with Gasteiger partial charge >= 0.3 is 0 Å². The molecule has 2 amide bonds. The molecule has 0 radical (unpaired) electrons. The van der Waals surface area contributed by atoms with E-state index in [9.17, 15) is 9.59 Å². The number of para-hydroxylation sites is 1. The second-order valence-corrected chi connectivity index (χ2v) is 10.8. The number of aromatic nitrogens is 1. The van der Waals surface area contributed by atoms with Crippen LogP contribution in [-0.2, 0) is 16.0 Å². The van der Waals surface area contributed by atoms with E-state index in [1.54, 1.807) is 0 Å². The second-order valence-electron chi connectivity index (χ2n) is 10.8. The minimum atomic E-state index is -0.469. The number of amides is 2. The van der Waals surface area contributed by atoms with Crippen LogP contribution >= 0.6 is 0 Å². The van der Waals surface area contributed by atoms with E-state index in [1.807, 2.05) is 32.2 Å². The molecule has 31 heavy (non-hydrogen) atoms. The molecule has 1 aromatic carbocycles. The summed E-state index contributed by atoms with van der Waals surface area (Å²) < 4.78 is 0. The first-order valence-corrected chi connectivity index (χ1v) is 12.1. The summed E-state index contributed by atoms with van der Waals surface area (Å²) in [5.41, 5.74) is 2.10. The highest BCUT2D eigenvalue weighted by Crippen LogP contribution is 2.60. The van der Waals surface area contributed by atoms with Gasteiger partial charge in [0.15, 0.2) is 0 Å². The topological polar surface area (TPSA) is 74.0 Å². The normalized spacial score (nSPS) is 30.0. The largest absolute Gasteiger partial charge is 0.361 e. The summed E-state index contributed by atoms with van der Waals surface area (Å²) in [5, 5.41) is 7.47. The Bertz CT molecular complexity index is 941. The van der Waals surface area contributed by atoms with Gasteiger partial charge in [-0.25, -0.2) is 0 Å². The Balaban J connectivity index is 1.20. The second kappa shape index (κ2) is 7.99. The van der Waals surface area contributed by atoms with Crippen molar-refractivity contribution in [2.45, 2.75) is 64.8 Å². The molecule has 4 aliphatic rings. The molecular formula is C26H35N3O2. The standard InChI is InChI=1S/C26H35N3O2/c1-16(2)23(24(30)27-8-7-20-15-28-22-6-4-3-5-21(20)22)29-25(31)26-12-17-9-18(13-26)11-19(10-17)14-26/h3-6,15-19,23,28H,7-14H2,1-2H3,(H,27,30)(H,29,31)/t17?,18?,19?,23-,26?/m0/s1. The van der Waals surface area contributed by atoms with E-state index in [0.717, 1.165) is 49.0 Å². The summed E-state index contributed by atoms with van der Waals surface area (Å²) in [6.45, 7) is 4.60. The van der Waals surface area contributed by atoms with Gasteiger partial charge in [0, 0.05) is 29.1 Å². The maximum Gasteiger partial charge on any atom is 0.242 e. The summed E-state index contributed by atoms with van der Waals surface area (Å²) >= 11 is 0. The molecule has 2 aromatic rings. The fraction of sp³-hybridized carbons (Fsp3) is 0.615. The number of carbonyl (C=O) groups is 2. The van der Waals surface area contributed by atoms with Crippen LogP contribution in [-0.4, -0.2) is 29.4 Å². The van der Waals surface area contributed by atoms with Gasteiger partial charge < -0.3 is 15.6 Å². The molecule has 3 N–H and O–H groups in total. The van der Waals surface area contributed by atoms with E-state index >= 15 is 0 Å². The summed E-state index contributed by atoms with van der Waals surface area (Å²) in [5.74, 6) is 2.30. The number of benzene rings is 1. The number of hydrogen-bond donors (Lipinski definition) is 3. The fourth-order valence-corrected chi connectivity index (χ4v) is 6.99. The van der Waals surface area contributed by atoms with Gasteiger partial charge in [-0.2, -0.15) is 0 Å². The average Bonchev–Trinajstić information content (AvgIpc) is 3.13. The van der Waals surface area contributed by atoms with Gasteiger partial charge in [-0.1, -0.05) is 32.0 Å². The molecular weight excluding hydrogens is 386 g/mol. The van der Waals surface area contributed by atoms with Crippen molar-refractivity contribution in [2.75, 3.05) is 6.54 Å². The van der Waals surface area contributed by atoms with Gasteiger partial charge in [0.1, 0.15) is 6.04 Å². The molecule has 0 saturated heterocycles. The zero-order chi connectivity index (χ0) is 21.6. The highest BCUT2D eigenvalue weighted by atomic mass is 16.2. The summed E-state index contributed by atoms with van der Waals surface area (Å²) in [7, 11) is 0. The van der Waals surface area contributed by atoms with Gasteiger partial charge in [-0.3, -0.25) is 9.59 Å². The van der Waals surface area contributed by atoms with Crippen molar-refractivity contribution in [3.8, 4) is 0 Å². The smallest absolute Gasteiger partial charge is 0.242 e. The lowest BCUT2D eigenvalue weighted by Gasteiger charge is -2.55. The first-order valence-electron chi connectivity index (χ1n) is 12.1. The van der Waals surface area contributed by atoms with Crippen molar-refractivity contribution in [3.05, 3.63) is 36.0 Å². The van der Waals surface area contributed by atoms with Crippen molar-refractivity contribution in [3.63, 3.8) is 0 Å². The van der Waals surface area contributed by atoms with Crippen molar-refractivity contribution in [1.82, 2.24) is 15.6 Å². The van der Waals surface area contributed by atoms with Crippen molar-refractivity contribution in [2.24, 2.45) is 29.1 Å². The maximum absolute atomic E-state index is 13.4. The fourth-order valence-electron chi connectivity index (χ4n) is 6.99. The molecule has 4 bridgehead atoms. The van der Waals surface area contributed by atoms with Gasteiger partial charge in [-0.15, -0.1) is 0 Å². The van der Waals surface area contributed by atoms with Crippen LogP contribution in [0, 0.1) is 29.1 Å². The molecule has 1 heterocycles. The summed E-state index contributed by atoms with van der Waals surface area (Å²) in [4.78, 5) is 29.7. The first kappa shape index (κ1) is 20.6. The summed E-state index contributed by atoms with van der Waals surface area (Å²) in [6.07, 6.45) is 9.81. The van der Waals surface area contributed by atoms with Crippen LogP contribution in [0.3, 0.4) is 0 Å². The molecule has 1 aromatic heterocycles. The Morgan fingerprint density at radius 3 is 2.35 bits per heavy atom. The Labute approximate surface area is 184 Å². The Hall–Kier alpha value is -2.30. The van der Waals surface area contributed by atoms with E-state index in [2.05, 4.69) is 27.8 Å². The number of fused-ring (bicyclic) bond motifs is 1. The zero-order valence-corrected chi connectivity index (χ0v) is 18.7. The number of hydrogen-bond acceptors (Lipinski definition) is 2. The number of aromatic amines is 1. The molecule has 0 spiro atoms. The maximum atomic E-state index is 13.4. The zero-order valence-electron chi connectivity index (χ0n) is 18.7. The quantitative estimate of drug-likeness (QED) is 0.627. The molecule has 1 atom stereocenters. The number of nitrogens with one attached hydrogen (secondary N) is 3. The average molecular weight is 422 g/mol. The lowest BCUT2D eigenvalue weighted by molar-refractivity contribution is -0.149. The molecule has 166 valence electrons. The Morgan fingerprint density at radius 1 is 1.06 bits per heavy atom. The summed E-state index contributed by atoms with van der Waals surface area (Å²) in [6, 6.07) is 7.75. The van der Waals surface area contributed by atoms with Crippen LogP contribution in [0.1, 0.15) is 57.9 Å². The highest BCUT2D eigenvalue weighted by molar-refractivity contribution is 5.90. The van der Waals surface area contributed by atoms with Crippen LogP contribution in [0.15, 0.2) is 30.5 Å². The van der Waals surface area contributed by atoms with E-state index in [4.69, 9.17) is 0 Å². The van der Waals surface area contributed by atoms with Crippen molar-refractivity contribution < 1.29 is 9.59 Å². The van der Waals surface area contributed by atoms with Crippen LogP contribution < -0.4 is 10.6 Å². The molecule has 5 nitrogen and oxygen atoms in total. The predicted molar refractivity (Wildman–Crippen MR) is 122 cm³/mol. The van der Waals surface area contributed by atoms with E-state index in [-0.39, 0.29) is 23.1 Å². The number of H-pyrrole nitrogens is 1. The van der Waals surface area contributed by atoms with E-state index < -0.39 is 6.04 Å². The third-order valence-corrected chi connectivity index (χ3v) is 8.12. The molecule has 0 aliphatic heterocycles. The predicted octanol–water partition coefficient (Wildman–Crippen LogP) is 4.18. The van der Waals surface area contributed by atoms with Gasteiger partial charge in [-0.05, 0) is 80.2 Å². The van der Waals surface area contributed by atoms with Gasteiger partial charge in [0.05, 0.1) is 0 Å². The third kappa shape index (κ3) is 3.88. The van der Waals surface area contributed by atoms with Crippen LogP contribution in [0.5, 0.6) is 0 Å².